The molecule has 1 amide bonds. The monoisotopic (exact) mass is 447 g/mol. The van der Waals surface area contributed by atoms with Crippen molar-refractivity contribution < 1.29 is 4.79 Å². The highest BCUT2D eigenvalue weighted by molar-refractivity contribution is 14.1. The quantitative estimate of drug-likeness (QED) is 0.348. The molecule has 2 aromatic carbocycles. The largest absolute Gasteiger partial charge is 0.322 e. The Morgan fingerprint density at radius 1 is 1.09 bits per heavy atom. The van der Waals surface area contributed by atoms with Gasteiger partial charge in [-0.05, 0) is 54.8 Å². The maximum Gasteiger partial charge on any atom is 0.255 e. The van der Waals surface area contributed by atoms with Crippen LogP contribution in [0.4, 0.5) is 5.69 Å². The van der Waals surface area contributed by atoms with Crippen LogP contribution in [0.3, 0.4) is 0 Å². The van der Waals surface area contributed by atoms with E-state index in [2.05, 4.69) is 41.8 Å². The summed E-state index contributed by atoms with van der Waals surface area (Å²) in [5, 5.41) is 3.46. The van der Waals surface area contributed by atoms with Crippen molar-refractivity contribution in [1.29, 1.82) is 0 Å². The zero-order valence-electron chi connectivity index (χ0n) is 12.8. The molecule has 22 heavy (non-hydrogen) atoms. The molecule has 0 spiro atoms. The van der Waals surface area contributed by atoms with Gasteiger partial charge in [0.1, 0.15) is 0 Å². The van der Waals surface area contributed by atoms with E-state index in [4.69, 9.17) is 11.6 Å². The van der Waals surface area contributed by atoms with E-state index in [0.29, 0.717) is 10.6 Å². The molecule has 0 radical (unpaired) electrons. The van der Waals surface area contributed by atoms with E-state index in [1.165, 1.54) is 4.90 Å². The second kappa shape index (κ2) is 10.1. The number of hydrogen-bond donors (Lipinski definition) is 1. The van der Waals surface area contributed by atoms with Gasteiger partial charge >= 0.3 is 0 Å². The standard InChI is InChI=1S/C14H12ClNOS.C3H7I/c1-18-13-8-6-12(7-9-13)16-14(17)10-2-4-11(15)5-3-10;1-3(2)4/h2-9H,1H3,(H,16,17);3H,1-2H3. The van der Waals surface area contributed by atoms with Crippen molar-refractivity contribution in [2.75, 3.05) is 11.6 Å². The Bertz CT molecular complexity index is 582. The number of nitrogens with one attached hydrogen (secondary N) is 1. The Morgan fingerprint density at radius 3 is 2.05 bits per heavy atom. The Hall–Kier alpha value is -0.720. The van der Waals surface area contributed by atoms with Gasteiger partial charge in [0.15, 0.2) is 0 Å². The topological polar surface area (TPSA) is 29.1 Å². The molecule has 118 valence electrons. The molecular weight excluding hydrogens is 429 g/mol. The van der Waals surface area contributed by atoms with Crippen LogP contribution in [0.1, 0.15) is 24.2 Å². The summed E-state index contributed by atoms with van der Waals surface area (Å²) >= 11 is 9.79. The summed E-state index contributed by atoms with van der Waals surface area (Å²) in [6, 6.07) is 14.5. The van der Waals surface area contributed by atoms with Crippen LogP contribution < -0.4 is 5.32 Å². The fourth-order valence-corrected chi connectivity index (χ4v) is 2.01. The smallest absolute Gasteiger partial charge is 0.255 e. The van der Waals surface area contributed by atoms with Gasteiger partial charge < -0.3 is 5.32 Å². The van der Waals surface area contributed by atoms with Gasteiger partial charge in [-0.3, -0.25) is 4.79 Å². The highest BCUT2D eigenvalue weighted by Crippen LogP contribution is 2.18. The average Bonchev–Trinajstić information content (AvgIpc) is 2.48. The van der Waals surface area contributed by atoms with E-state index in [0.717, 1.165) is 9.61 Å². The number of carbonyl (C=O) groups excluding carboxylic acids is 1. The minimum absolute atomic E-state index is 0.136. The van der Waals surface area contributed by atoms with Crippen molar-refractivity contribution in [3.8, 4) is 0 Å². The van der Waals surface area contributed by atoms with Crippen LogP contribution in [0.5, 0.6) is 0 Å². The molecule has 0 atom stereocenters. The summed E-state index contributed by atoms with van der Waals surface area (Å²) in [6.45, 7) is 4.31. The lowest BCUT2D eigenvalue weighted by Gasteiger charge is -2.06. The Kier molecular flexibility index (Phi) is 8.90. The van der Waals surface area contributed by atoms with Gasteiger partial charge in [0, 0.05) is 25.1 Å². The zero-order valence-corrected chi connectivity index (χ0v) is 16.5. The number of halogens is 2. The van der Waals surface area contributed by atoms with E-state index in [1.54, 1.807) is 36.0 Å². The van der Waals surface area contributed by atoms with Gasteiger partial charge in [-0.2, -0.15) is 0 Å². The van der Waals surface area contributed by atoms with Crippen LogP contribution in [-0.2, 0) is 0 Å². The van der Waals surface area contributed by atoms with E-state index in [-0.39, 0.29) is 5.91 Å². The molecule has 2 rings (SSSR count). The summed E-state index contributed by atoms with van der Waals surface area (Å²) in [4.78, 5) is 13.1. The molecule has 0 saturated heterocycles. The molecule has 0 fully saturated rings. The maximum atomic E-state index is 11.9. The van der Waals surface area contributed by atoms with Crippen molar-refractivity contribution in [2.24, 2.45) is 0 Å². The molecule has 0 aliphatic heterocycles. The molecule has 1 N–H and O–H groups in total. The summed E-state index contributed by atoms with van der Waals surface area (Å²) in [5.41, 5.74) is 1.38. The lowest BCUT2D eigenvalue weighted by atomic mass is 10.2. The van der Waals surface area contributed by atoms with Crippen LogP contribution in [0.25, 0.3) is 0 Å². The summed E-state index contributed by atoms with van der Waals surface area (Å²) in [6.07, 6.45) is 2.02. The number of hydrogen-bond acceptors (Lipinski definition) is 2. The number of carbonyl (C=O) groups is 1. The molecule has 2 aromatic rings. The van der Waals surface area contributed by atoms with Crippen LogP contribution in [-0.4, -0.2) is 16.1 Å². The van der Waals surface area contributed by atoms with E-state index >= 15 is 0 Å². The van der Waals surface area contributed by atoms with Gasteiger partial charge in [-0.15, -0.1) is 11.8 Å². The lowest BCUT2D eigenvalue weighted by molar-refractivity contribution is 0.102. The molecule has 0 aliphatic carbocycles. The third-order valence-electron chi connectivity index (χ3n) is 2.45. The Morgan fingerprint density at radius 2 is 1.59 bits per heavy atom. The fraction of sp³-hybridized carbons (Fsp3) is 0.235. The third-order valence-corrected chi connectivity index (χ3v) is 3.45. The van der Waals surface area contributed by atoms with Crippen LogP contribution in [0.2, 0.25) is 5.02 Å². The highest BCUT2D eigenvalue weighted by Gasteiger charge is 2.05. The number of anilines is 1. The van der Waals surface area contributed by atoms with E-state index in [9.17, 15) is 4.79 Å². The van der Waals surface area contributed by atoms with E-state index in [1.807, 2.05) is 30.5 Å². The SMILES string of the molecule is CC(C)I.CSc1ccc(NC(=O)c2ccc(Cl)cc2)cc1. The first kappa shape index (κ1) is 19.3. The molecule has 0 bridgehead atoms. The van der Waals surface area contributed by atoms with Gasteiger partial charge in [-0.25, -0.2) is 0 Å². The predicted molar refractivity (Wildman–Crippen MR) is 107 cm³/mol. The van der Waals surface area contributed by atoms with Crippen molar-refractivity contribution in [3.63, 3.8) is 0 Å². The van der Waals surface area contributed by atoms with Crippen molar-refractivity contribution in [2.45, 2.75) is 22.7 Å². The number of benzene rings is 2. The number of amides is 1. The summed E-state index contributed by atoms with van der Waals surface area (Å²) < 4.78 is 0.803. The Labute approximate surface area is 155 Å². The van der Waals surface area contributed by atoms with Crippen molar-refractivity contribution >= 4 is 57.5 Å². The number of rotatable bonds is 3. The molecule has 0 aliphatic rings. The molecule has 0 aromatic heterocycles. The molecule has 0 saturated carbocycles. The Balaban J connectivity index is 0.000000541. The highest BCUT2D eigenvalue weighted by atomic mass is 127. The normalized spacial score (nSPS) is 9.91. The maximum absolute atomic E-state index is 11.9. The van der Waals surface area contributed by atoms with Crippen LogP contribution in [0, 0.1) is 0 Å². The minimum Gasteiger partial charge on any atom is -0.322 e. The molecule has 2 nitrogen and oxygen atoms in total. The summed E-state index contributed by atoms with van der Waals surface area (Å²) in [7, 11) is 0. The fourth-order valence-electron chi connectivity index (χ4n) is 1.48. The van der Waals surface area contributed by atoms with Crippen LogP contribution >= 0.6 is 46.0 Å². The molecule has 5 heteroatoms. The van der Waals surface area contributed by atoms with Gasteiger partial charge in [0.2, 0.25) is 0 Å². The summed E-state index contributed by atoms with van der Waals surface area (Å²) in [5.74, 6) is -0.136. The number of thioether (sulfide) groups is 1. The minimum atomic E-state index is -0.136. The predicted octanol–water partition coefficient (Wildman–Crippen LogP) is 6.14. The van der Waals surface area contributed by atoms with Gasteiger partial charge in [-0.1, -0.05) is 48.0 Å². The van der Waals surface area contributed by atoms with Crippen LogP contribution in [0.15, 0.2) is 53.4 Å². The first-order valence-electron chi connectivity index (χ1n) is 6.77. The molecular formula is C17H19ClINOS. The second-order valence-electron chi connectivity index (χ2n) is 4.70. The first-order chi connectivity index (χ1) is 10.4. The average molecular weight is 448 g/mol. The van der Waals surface area contributed by atoms with Gasteiger partial charge in [0.05, 0.1) is 0 Å². The van der Waals surface area contributed by atoms with E-state index < -0.39 is 0 Å². The van der Waals surface area contributed by atoms with Crippen molar-refractivity contribution in [3.05, 3.63) is 59.1 Å². The van der Waals surface area contributed by atoms with Crippen molar-refractivity contribution in [1.82, 2.24) is 0 Å². The second-order valence-corrected chi connectivity index (χ2v) is 8.51. The molecule has 0 unspecified atom stereocenters. The lowest BCUT2D eigenvalue weighted by Crippen LogP contribution is -2.11. The first-order valence-corrected chi connectivity index (χ1v) is 9.62. The van der Waals surface area contributed by atoms with Gasteiger partial charge in [0.25, 0.3) is 5.91 Å². The number of alkyl halides is 1. The molecule has 0 heterocycles. The zero-order chi connectivity index (χ0) is 16.5. The third kappa shape index (κ3) is 7.51.